The lowest BCUT2D eigenvalue weighted by molar-refractivity contribution is -0.137. The smallest absolute Gasteiger partial charge is 0.305 e. The molecule has 1 amide bonds. The average Bonchev–Trinajstić information content (AvgIpc) is 2.64. The number of aryl methyl sites for hydroxylation is 1. The highest BCUT2D eigenvalue weighted by Crippen LogP contribution is 2.15. The van der Waals surface area contributed by atoms with Crippen LogP contribution in [-0.4, -0.2) is 27.0 Å². The van der Waals surface area contributed by atoms with Crippen LogP contribution < -0.4 is 5.32 Å². The van der Waals surface area contributed by atoms with Crippen molar-refractivity contribution in [2.24, 2.45) is 0 Å². The maximum atomic E-state index is 10.6. The highest BCUT2D eigenvalue weighted by Gasteiger charge is 2.17. The highest BCUT2D eigenvalue weighted by molar-refractivity contribution is 5.68. The predicted molar refractivity (Wildman–Crippen MR) is 52.1 cm³/mol. The van der Waals surface area contributed by atoms with Gasteiger partial charge in [-0.05, 0) is 6.92 Å². The maximum Gasteiger partial charge on any atom is 0.305 e. The molecule has 0 bridgehead atoms. The zero-order valence-corrected chi connectivity index (χ0v) is 8.38. The summed E-state index contributed by atoms with van der Waals surface area (Å²) in [6.07, 6.45) is 3.52. The molecule has 15 heavy (non-hydrogen) atoms. The minimum absolute atomic E-state index is 0.148. The second-order valence-electron chi connectivity index (χ2n) is 3.04. The Kier molecular flexibility index (Phi) is 3.84. The summed E-state index contributed by atoms with van der Waals surface area (Å²) in [5, 5.41) is 11.2. The van der Waals surface area contributed by atoms with E-state index in [1.54, 1.807) is 17.1 Å². The molecule has 1 aromatic rings. The van der Waals surface area contributed by atoms with E-state index in [4.69, 9.17) is 5.11 Å². The standard InChI is InChI=1S/C9H13N3O3/c1-2-12-5-10-4-8(12)7(11-6-13)3-9(14)15/h4-7H,2-3H2,1H3,(H,11,13)(H,14,15). The molecule has 0 radical (unpaired) electrons. The molecule has 2 N–H and O–H groups in total. The van der Waals surface area contributed by atoms with Crippen LogP contribution in [-0.2, 0) is 16.1 Å². The van der Waals surface area contributed by atoms with Crippen LogP contribution in [0.15, 0.2) is 12.5 Å². The van der Waals surface area contributed by atoms with Gasteiger partial charge in [0.25, 0.3) is 0 Å². The zero-order chi connectivity index (χ0) is 11.3. The van der Waals surface area contributed by atoms with Crippen molar-refractivity contribution >= 4 is 12.4 Å². The summed E-state index contributed by atoms with van der Waals surface area (Å²) in [6.45, 7) is 2.61. The number of hydrogen-bond donors (Lipinski definition) is 2. The van der Waals surface area contributed by atoms with Crippen LogP contribution in [0.3, 0.4) is 0 Å². The molecular formula is C9H13N3O3. The average molecular weight is 211 g/mol. The van der Waals surface area contributed by atoms with Crippen LogP contribution in [0, 0.1) is 0 Å². The Hall–Kier alpha value is -1.85. The minimum Gasteiger partial charge on any atom is -0.481 e. The largest absolute Gasteiger partial charge is 0.481 e. The molecule has 6 nitrogen and oxygen atoms in total. The second-order valence-corrected chi connectivity index (χ2v) is 3.04. The Morgan fingerprint density at radius 3 is 3.07 bits per heavy atom. The third-order valence-corrected chi connectivity index (χ3v) is 2.09. The first kappa shape index (κ1) is 11.2. The summed E-state index contributed by atoms with van der Waals surface area (Å²) < 4.78 is 1.80. The third-order valence-electron chi connectivity index (χ3n) is 2.09. The molecular weight excluding hydrogens is 198 g/mol. The molecule has 0 spiro atoms. The number of carbonyl (C=O) groups is 2. The van der Waals surface area contributed by atoms with E-state index in [0.717, 1.165) is 0 Å². The molecule has 1 rings (SSSR count). The zero-order valence-electron chi connectivity index (χ0n) is 8.38. The molecule has 0 aliphatic carbocycles. The van der Waals surface area contributed by atoms with Crippen molar-refractivity contribution in [3.8, 4) is 0 Å². The van der Waals surface area contributed by atoms with E-state index in [-0.39, 0.29) is 6.42 Å². The highest BCUT2D eigenvalue weighted by atomic mass is 16.4. The number of carboxylic acid groups (broad SMARTS) is 1. The Balaban J connectivity index is 2.87. The quantitative estimate of drug-likeness (QED) is 0.657. The van der Waals surface area contributed by atoms with E-state index in [2.05, 4.69) is 10.3 Å². The van der Waals surface area contributed by atoms with Gasteiger partial charge < -0.3 is 15.0 Å². The van der Waals surface area contributed by atoms with Crippen molar-refractivity contribution in [2.75, 3.05) is 0 Å². The Morgan fingerprint density at radius 2 is 2.53 bits per heavy atom. The number of rotatable bonds is 6. The predicted octanol–water partition coefficient (Wildman–Crippen LogP) is 0.165. The summed E-state index contributed by atoms with van der Waals surface area (Å²) >= 11 is 0. The van der Waals surface area contributed by atoms with E-state index in [9.17, 15) is 9.59 Å². The molecule has 0 saturated heterocycles. The lowest BCUT2D eigenvalue weighted by Gasteiger charge is -2.15. The fourth-order valence-corrected chi connectivity index (χ4v) is 1.39. The normalized spacial score (nSPS) is 12.1. The molecule has 1 aromatic heterocycles. The first-order chi connectivity index (χ1) is 7.19. The number of aromatic nitrogens is 2. The van der Waals surface area contributed by atoms with Crippen LogP contribution in [0.2, 0.25) is 0 Å². The van der Waals surface area contributed by atoms with E-state index in [1.807, 2.05) is 6.92 Å². The lowest BCUT2D eigenvalue weighted by Crippen LogP contribution is -2.24. The molecule has 0 saturated carbocycles. The van der Waals surface area contributed by atoms with Crippen molar-refractivity contribution in [1.82, 2.24) is 14.9 Å². The SMILES string of the molecule is CCn1cncc1C(CC(=O)O)NC=O. The number of hydrogen-bond acceptors (Lipinski definition) is 3. The van der Waals surface area contributed by atoms with Crippen LogP contribution in [0.4, 0.5) is 0 Å². The first-order valence-electron chi connectivity index (χ1n) is 4.60. The Labute approximate surface area is 86.9 Å². The van der Waals surface area contributed by atoms with Crippen molar-refractivity contribution in [3.05, 3.63) is 18.2 Å². The van der Waals surface area contributed by atoms with Gasteiger partial charge in [-0.3, -0.25) is 9.59 Å². The Bertz CT molecular complexity index is 348. The van der Waals surface area contributed by atoms with Gasteiger partial charge in [0, 0.05) is 6.54 Å². The fourth-order valence-electron chi connectivity index (χ4n) is 1.39. The summed E-state index contributed by atoms with van der Waals surface area (Å²) in [6, 6.07) is -0.526. The van der Waals surface area contributed by atoms with Gasteiger partial charge in [0.15, 0.2) is 0 Å². The van der Waals surface area contributed by atoms with Gasteiger partial charge in [-0.15, -0.1) is 0 Å². The molecule has 0 aromatic carbocycles. The van der Waals surface area contributed by atoms with Crippen LogP contribution in [0.25, 0.3) is 0 Å². The number of amides is 1. The van der Waals surface area contributed by atoms with Gasteiger partial charge in [0.05, 0.1) is 30.7 Å². The molecule has 82 valence electrons. The molecule has 0 fully saturated rings. The topological polar surface area (TPSA) is 84.2 Å². The summed E-state index contributed by atoms with van der Waals surface area (Å²) in [7, 11) is 0. The summed E-state index contributed by atoms with van der Waals surface area (Å²) in [5.74, 6) is -0.960. The van der Waals surface area contributed by atoms with Crippen molar-refractivity contribution in [3.63, 3.8) is 0 Å². The van der Waals surface area contributed by atoms with E-state index in [1.165, 1.54) is 0 Å². The number of carboxylic acids is 1. The molecule has 1 heterocycles. The van der Waals surface area contributed by atoms with Crippen molar-refractivity contribution in [1.29, 1.82) is 0 Å². The summed E-state index contributed by atoms with van der Waals surface area (Å²) in [4.78, 5) is 24.9. The number of nitrogens with one attached hydrogen (secondary N) is 1. The summed E-state index contributed by atoms with van der Waals surface area (Å²) in [5.41, 5.74) is 0.701. The lowest BCUT2D eigenvalue weighted by atomic mass is 10.1. The molecule has 0 aliphatic rings. The molecule has 1 atom stereocenters. The monoisotopic (exact) mass is 211 g/mol. The number of aliphatic carboxylic acids is 1. The van der Waals surface area contributed by atoms with Gasteiger partial charge >= 0.3 is 5.97 Å². The first-order valence-corrected chi connectivity index (χ1v) is 4.60. The van der Waals surface area contributed by atoms with Crippen LogP contribution >= 0.6 is 0 Å². The van der Waals surface area contributed by atoms with Crippen LogP contribution in [0.5, 0.6) is 0 Å². The molecule has 6 heteroatoms. The van der Waals surface area contributed by atoms with Gasteiger partial charge in [-0.25, -0.2) is 4.98 Å². The third kappa shape index (κ3) is 2.80. The van der Waals surface area contributed by atoms with E-state index in [0.29, 0.717) is 18.6 Å². The molecule has 0 aliphatic heterocycles. The van der Waals surface area contributed by atoms with Crippen molar-refractivity contribution in [2.45, 2.75) is 25.9 Å². The maximum absolute atomic E-state index is 10.6. The van der Waals surface area contributed by atoms with Gasteiger partial charge in [0.1, 0.15) is 0 Å². The number of carbonyl (C=O) groups excluding carboxylic acids is 1. The number of nitrogens with zero attached hydrogens (tertiary/aromatic N) is 2. The van der Waals surface area contributed by atoms with Gasteiger partial charge in [-0.2, -0.15) is 0 Å². The van der Waals surface area contributed by atoms with Crippen LogP contribution in [0.1, 0.15) is 25.1 Å². The Morgan fingerprint density at radius 1 is 1.80 bits per heavy atom. The van der Waals surface area contributed by atoms with Gasteiger partial charge in [-0.1, -0.05) is 0 Å². The molecule has 1 unspecified atom stereocenters. The van der Waals surface area contributed by atoms with Gasteiger partial charge in [0.2, 0.25) is 6.41 Å². The second kappa shape index (κ2) is 5.14. The van der Waals surface area contributed by atoms with E-state index >= 15 is 0 Å². The fraction of sp³-hybridized carbons (Fsp3) is 0.444. The minimum atomic E-state index is -0.960. The number of imidazole rings is 1. The van der Waals surface area contributed by atoms with E-state index < -0.39 is 12.0 Å². The van der Waals surface area contributed by atoms with Crippen molar-refractivity contribution < 1.29 is 14.7 Å².